The molecule has 19 heteroatoms. The van der Waals surface area contributed by atoms with E-state index in [1.165, 1.54) is 6.92 Å². The number of rotatable bonds is 8. The minimum atomic E-state index is -6.12. The molecule has 166 valence electrons. The molecule has 1 aliphatic rings. The van der Waals surface area contributed by atoms with Crippen LogP contribution in [0.25, 0.3) is 0 Å². The first-order valence-electron chi connectivity index (χ1n) is 7.45. The van der Waals surface area contributed by atoms with Gasteiger partial charge in [-0.15, -0.1) is 0 Å². The molecule has 1 fully saturated rings. The zero-order chi connectivity index (χ0) is 22.2. The van der Waals surface area contributed by atoms with Gasteiger partial charge in [0.2, 0.25) is 0 Å². The maximum atomic E-state index is 11.8. The van der Waals surface area contributed by atoms with Crippen LogP contribution in [0.15, 0.2) is 15.8 Å². The molecule has 2 unspecified atom stereocenters. The summed E-state index contributed by atoms with van der Waals surface area (Å²) >= 11 is 0. The fraction of sp³-hybridized carbons (Fsp3) is 0.600. The largest absolute Gasteiger partial charge is 0.790 e. The number of ether oxygens (including phenoxy) is 1. The average molecular weight is 478 g/mol. The van der Waals surface area contributed by atoms with E-state index in [1.54, 1.807) is 0 Å². The summed E-state index contributed by atoms with van der Waals surface area (Å²) in [7, 11) is -18.0. The maximum Gasteiger partial charge on any atom is 0.330 e. The van der Waals surface area contributed by atoms with Crippen molar-refractivity contribution in [2.24, 2.45) is 0 Å². The molecule has 16 nitrogen and oxygen atoms in total. The Morgan fingerprint density at radius 1 is 1.21 bits per heavy atom. The number of phosphoric ester groups is 1. The van der Waals surface area contributed by atoms with Crippen molar-refractivity contribution in [2.75, 3.05) is 6.61 Å². The molecular formula is C10H13N2O14P3-4. The van der Waals surface area contributed by atoms with E-state index in [4.69, 9.17) is 4.74 Å². The number of aliphatic hydroxyl groups excluding tert-OH is 1. The number of H-pyrrole nitrogens is 1. The summed E-state index contributed by atoms with van der Waals surface area (Å²) < 4.78 is 49.6. The monoisotopic (exact) mass is 478 g/mol. The van der Waals surface area contributed by atoms with E-state index in [0.29, 0.717) is 0 Å². The molecule has 0 amide bonds. The number of aliphatic hydroxyl groups is 1. The zero-order valence-corrected chi connectivity index (χ0v) is 17.0. The third-order valence-electron chi connectivity index (χ3n) is 3.46. The summed E-state index contributed by atoms with van der Waals surface area (Å²) in [6, 6.07) is 0. The Bertz CT molecular complexity index is 1010. The predicted octanol–water partition coefficient (Wildman–Crippen LogP) is -3.69. The molecule has 1 aromatic rings. The van der Waals surface area contributed by atoms with Gasteiger partial charge in [0.25, 0.3) is 21.2 Å². The highest BCUT2D eigenvalue weighted by atomic mass is 31.3. The molecule has 2 heterocycles. The molecule has 1 saturated heterocycles. The minimum absolute atomic E-state index is 0.153. The Morgan fingerprint density at radius 2 is 1.83 bits per heavy atom. The Hall–Kier alpha value is -0.990. The van der Waals surface area contributed by atoms with Crippen LogP contribution in [-0.2, 0) is 31.6 Å². The molecule has 0 aromatic carbocycles. The third kappa shape index (κ3) is 7.03. The van der Waals surface area contributed by atoms with Crippen LogP contribution in [-0.4, -0.2) is 33.5 Å². The van der Waals surface area contributed by atoms with Crippen molar-refractivity contribution in [2.45, 2.75) is 31.8 Å². The van der Waals surface area contributed by atoms with Gasteiger partial charge in [0.15, 0.2) is 0 Å². The van der Waals surface area contributed by atoms with Crippen molar-refractivity contribution in [3.8, 4) is 0 Å². The first kappa shape index (κ1) is 24.3. The summed E-state index contributed by atoms with van der Waals surface area (Å²) in [5, 5.41) is 9.93. The van der Waals surface area contributed by atoms with Crippen molar-refractivity contribution < 1.29 is 56.3 Å². The van der Waals surface area contributed by atoms with E-state index >= 15 is 0 Å². The van der Waals surface area contributed by atoms with Crippen molar-refractivity contribution >= 4 is 23.5 Å². The minimum Gasteiger partial charge on any atom is -0.790 e. The maximum absolute atomic E-state index is 11.8. The van der Waals surface area contributed by atoms with E-state index in [2.05, 4.69) is 13.1 Å². The number of aromatic nitrogens is 2. The van der Waals surface area contributed by atoms with E-state index in [0.717, 1.165) is 10.8 Å². The van der Waals surface area contributed by atoms with Crippen LogP contribution in [0, 0.1) is 6.92 Å². The number of aromatic amines is 1. The Kier molecular flexibility index (Phi) is 7.23. The smallest absolute Gasteiger partial charge is 0.330 e. The molecule has 0 saturated carbocycles. The van der Waals surface area contributed by atoms with Crippen molar-refractivity contribution in [3.05, 3.63) is 32.6 Å². The van der Waals surface area contributed by atoms with Crippen LogP contribution < -0.4 is 30.8 Å². The van der Waals surface area contributed by atoms with Crippen LogP contribution in [0.3, 0.4) is 0 Å². The lowest BCUT2D eigenvalue weighted by Crippen LogP contribution is -2.33. The van der Waals surface area contributed by atoms with Crippen LogP contribution in [0.1, 0.15) is 18.2 Å². The van der Waals surface area contributed by atoms with E-state index in [1.807, 2.05) is 4.98 Å². The SMILES string of the molecule is Cc1cn([C@H]2C[C@H](O)[C@@H](COP(=O)([O-])OP(=O)([O-])OP(=O)([O-])[O-])O2)c(=O)[nH]c1=O. The van der Waals surface area contributed by atoms with Crippen LogP contribution in [0.5, 0.6) is 0 Å². The summed E-state index contributed by atoms with van der Waals surface area (Å²) in [4.78, 5) is 68.3. The number of hydrogen-bond acceptors (Lipinski definition) is 14. The van der Waals surface area contributed by atoms with Gasteiger partial charge in [-0.2, -0.15) is 0 Å². The number of nitrogens with zero attached hydrogens (tertiary/aromatic N) is 1. The Morgan fingerprint density at radius 3 is 2.41 bits per heavy atom. The van der Waals surface area contributed by atoms with Gasteiger partial charge in [-0.25, -0.2) is 9.11 Å². The second-order valence-electron chi connectivity index (χ2n) is 5.71. The molecule has 2 N–H and O–H groups in total. The topological polar surface area (TPSA) is 255 Å². The Labute approximate surface area is 161 Å². The lowest BCUT2D eigenvalue weighted by Gasteiger charge is -2.37. The summed E-state index contributed by atoms with van der Waals surface area (Å²) in [6.45, 7) is 0.402. The van der Waals surface area contributed by atoms with E-state index in [9.17, 15) is 48.0 Å². The molecule has 5 atom stereocenters. The van der Waals surface area contributed by atoms with Crippen molar-refractivity contribution in [3.63, 3.8) is 0 Å². The molecule has 0 radical (unpaired) electrons. The lowest BCUT2D eigenvalue weighted by molar-refractivity contribution is -0.339. The van der Waals surface area contributed by atoms with Crippen LogP contribution in [0.4, 0.5) is 0 Å². The molecule has 0 spiro atoms. The first-order valence-corrected chi connectivity index (χ1v) is 11.8. The van der Waals surface area contributed by atoms with Gasteiger partial charge >= 0.3 is 5.69 Å². The van der Waals surface area contributed by atoms with Crippen LogP contribution in [0.2, 0.25) is 0 Å². The lowest BCUT2D eigenvalue weighted by atomic mass is 10.2. The first-order chi connectivity index (χ1) is 13.1. The molecule has 0 aliphatic carbocycles. The molecule has 0 bridgehead atoms. The van der Waals surface area contributed by atoms with E-state index < -0.39 is 59.8 Å². The van der Waals surface area contributed by atoms with Gasteiger partial charge in [-0.05, 0) is 6.92 Å². The second kappa shape index (κ2) is 8.63. The molecular weight excluding hydrogens is 465 g/mol. The number of aryl methyl sites for hydroxylation is 1. The van der Waals surface area contributed by atoms with Gasteiger partial charge in [0, 0.05) is 18.2 Å². The fourth-order valence-corrected chi connectivity index (χ4v) is 5.15. The van der Waals surface area contributed by atoms with Gasteiger partial charge in [0.05, 0.1) is 20.5 Å². The molecule has 1 aliphatic heterocycles. The highest BCUT2D eigenvalue weighted by Crippen LogP contribution is 2.60. The average Bonchev–Trinajstić information content (AvgIpc) is 2.86. The standard InChI is InChI=1S/C10H17N2O14P3/c1-5-3-12(10(15)11-9(5)14)8-2-6(13)7(24-8)4-23-28(19,20)26-29(21,22)25-27(16,17)18/h3,6-8,13H,2,4H2,1H3,(H,19,20)(H,21,22)(H,11,14,15)(H2,16,17,18)/p-4/t6-,7+,8+/m0/s1. The Balaban J connectivity index is 2.03. The highest BCUT2D eigenvalue weighted by Gasteiger charge is 2.37. The van der Waals surface area contributed by atoms with Crippen molar-refractivity contribution in [1.29, 1.82) is 0 Å². The molecule has 1 aromatic heterocycles. The number of nitrogens with one attached hydrogen (secondary N) is 1. The molecule has 2 rings (SSSR count). The predicted molar refractivity (Wildman–Crippen MR) is 81.5 cm³/mol. The van der Waals surface area contributed by atoms with Crippen molar-refractivity contribution in [1.82, 2.24) is 9.55 Å². The second-order valence-corrected chi connectivity index (χ2v) is 9.96. The van der Waals surface area contributed by atoms with Gasteiger partial charge in [-0.3, -0.25) is 27.8 Å². The fourth-order valence-electron chi connectivity index (χ4n) is 2.28. The summed E-state index contributed by atoms with van der Waals surface area (Å²) in [5.74, 6) is 0. The van der Waals surface area contributed by atoms with Gasteiger partial charge < -0.3 is 38.5 Å². The third-order valence-corrected chi connectivity index (χ3v) is 7.12. The number of phosphoric acid groups is 3. The normalized spacial score (nSPS) is 26.8. The quantitative estimate of drug-likeness (QED) is 0.341. The van der Waals surface area contributed by atoms with Crippen LogP contribution >= 0.6 is 23.5 Å². The number of hydrogen-bond donors (Lipinski definition) is 2. The summed E-state index contributed by atoms with van der Waals surface area (Å²) in [6.07, 6.45) is -2.95. The summed E-state index contributed by atoms with van der Waals surface area (Å²) in [5.41, 5.74) is -1.35. The highest BCUT2D eigenvalue weighted by molar-refractivity contribution is 7.64. The molecule has 29 heavy (non-hydrogen) atoms. The van der Waals surface area contributed by atoms with Gasteiger partial charge in [-0.1, -0.05) is 0 Å². The zero-order valence-electron chi connectivity index (χ0n) is 14.3. The van der Waals surface area contributed by atoms with E-state index in [-0.39, 0.29) is 12.0 Å². The van der Waals surface area contributed by atoms with Gasteiger partial charge in [0.1, 0.15) is 12.3 Å².